The third-order valence-electron chi connectivity index (χ3n) is 2.84. The lowest BCUT2D eigenvalue weighted by Gasteiger charge is -2.14. The first-order valence-corrected chi connectivity index (χ1v) is 6.72. The number of carboxylic acid groups (broad SMARTS) is 1. The fourth-order valence-electron chi connectivity index (χ4n) is 1.82. The highest BCUT2D eigenvalue weighted by atomic mass is 16.5. The molecule has 0 aliphatic rings. The molecule has 0 aromatic carbocycles. The Balaban J connectivity index is 3.75. The van der Waals surface area contributed by atoms with Gasteiger partial charge in [0, 0.05) is 13.0 Å². The van der Waals surface area contributed by atoms with Gasteiger partial charge in [0.25, 0.3) is 0 Å². The maximum absolute atomic E-state index is 11.6. The second-order valence-electron chi connectivity index (χ2n) is 4.45. The summed E-state index contributed by atoms with van der Waals surface area (Å²) in [6, 6.07) is 0. The van der Waals surface area contributed by atoms with Crippen molar-refractivity contribution in [1.82, 2.24) is 0 Å². The maximum atomic E-state index is 11.6. The predicted molar refractivity (Wildman–Crippen MR) is 68.6 cm³/mol. The number of esters is 1. The Kier molecular flexibility index (Phi) is 11.2. The second-order valence-corrected chi connectivity index (χ2v) is 4.45. The van der Waals surface area contributed by atoms with Gasteiger partial charge in [-0.15, -0.1) is 0 Å². The van der Waals surface area contributed by atoms with Crippen molar-refractivity contribution in [3.63, 3.8) is 0 Å². The fourth-order valence-corrected chi connectivity index (χ4v) is 1.82. The van der Waals surface area contributed by atoms with Crippen LogP contribution >= 0.6 is 0 Å². The first kappa shape index (κ1) is 17.9. The Hall–Kier alpha value is -1.14. The summed E-state index contributed by atoms with van der Waals surface area (Å²) in [5.41, 5.74) is 0. The van der Waals surface area contributed by atoms with Crippen LogP contribution in [-0.2, 0) is 14.3 Å². The van der Waals surface area contributed by atoms with Crippen molar-refractivity contribution in [3.05, 3.63) is 0 Å². The van der Waals surface area contributed by atoms with Crippen LogP contribution in [0.4, 0.5) is 0 Å². The molecule has 0 amide bonds. The molecule has 0 aromatic rings. The Morgan fingerprint density at radius 1 is 0.947 bits per heavy atom. The monoisotopic (exact) mass is 276 g/mol. The van der Waals surface area contributed by atoms with Gasteiger partial charge in [-0.1, -0.05) is 19.3 Å². The highest BCUT2D eigenvalue weighted by Crippen LogP contribution is 2.16. The lowest BCUT2D eigenvalue weighted by Crippen LogP contribution is -2.20. The third kappa shape index (κ3) is 10.5. The smallest absolute Gasteiger partial charge is 0.309 e. The van der Waals surface area contributed by atoms with Crippen LogP contribution in [0.3, 0.4) is 0 Å². The van der Waals surface area contributed by atoms with Crippen molar-refractivity contribution in [1.29, 1.82) is 0 Å². The standard InChI is InChI=1S/C13H24O6/c14-8-7-11(13(18)19-10-9-15)5-3-1-2-4-6-12(16)17/h11,14-15H,1-10H2,(H,16,17). The largest absolute Gasteiger partial charge is 0.481 e. The van der Waals surface area contributed by atoms with Gasteiger partial charge in [0.1, 0.15) is 6.61 Å². The topological polar surface area (TPSA) is 104 Å². The Morgan fingerprint density at radius 2 is 1.63 bits per heavy atom. The Morgan fingerprint density at radius 3 is 2.21 bits per heavy atom. The molecule has 6 heteroatoms. The van der Waals surface area contributed by atoms with E-state index in [-0.39, 0.29) is 38.1 Å². The quantitative estimate of drug-likeness (QED) is 0.362. The lowest BCUT2D eigenvalue weighted by molar-refractivity contribution is -0.150. The molecule has 0 aliphatic heterocycles. The van der Waals surface area contributed by atoms with Gasteiger partial charge in [-0.05, 0) is 19.3 Å². The van der Waals surface area contributed by atoms with E-state index in [0.717, 1.165) is 19.3 Å². The minimum atomic E-state index is -0.786. The minimum absolute atomic E-state index is 0.0145. The molecule has 19 heavy (non-hydrogen) atoms. The molecule has 0 spiro atoms. The molecule has 0 bridgehead atoms. The van der Waals surface area contributed by atoms with Gasteiger partial charge < -0.3 is 20.1 Å². The molecule has 0 fully saturated rings. The highest BCUT2D eigenvalue weighted by Gasteiger charge is 2.18. The molecule has 0 saturated heterocycles. The maximum Gasteiger partial charge on any atom is 0.309 e. The van der Waals surface area contributed by atoms with Crippen molar-refractivity contribution in [2.45, 2.75) is 44.9 Å². The summed E-state index contributed by atoms with van der Waals surface area (Å²) in [7, 11) is 0. The summed E-state index contributed by atoms with van der Waals surface area (Å²) in [5.74, 6) is -1.50. The average Bonchev–Trinajstić information content (AvgIpc) is 2.38. The molecule has 6 nitrogen and oxygen atoms in total. The zero-order valence-corrected chi connectivity index (χ0v) is 11.2. The van der Waals surface area contributed by atoms with Crippen LogP contribution < -0.4 is 0 Å². The molecule has 0 heterocycles. The molecular formula is C13H24O6. The molecule has 0 saturated carbocycles. The van der Waals surface area contributed by atoms with Crippen molar-refractivity contribution in [2.24, 2.45) is 5.92 Å². The summed E-state index contributed by atoms with van der Waals surface area (Å²) >= 11 is 0. The van der Waals surface area contributed by atoms with Gasteiger partial charge in [-0.2, -0.15) is 0 Å². The molecule has 112 valence electrons. The zero-order valence-electron chi connectivity index (χ0n) is 11.2. The van der Waals surface area contributed by atoms with Crippen molar-refractivity contribution in [2.75, 3.05) is 19.8 Å². The van der Waals surface area contributed by atoms with Crippen molar-refractivity contribution < 1.29 is 29.6 Å². The molecule has 1 unspecified atom stereocenters. The van der Waals surface area contributed by atoms with Gasteiger partial charge in [0.05, 0.1) is 12.5 Å². The zero-order chi connectivity index (χ0) is 14.5. The van der Waals surface area contributed by atoms with E-state index < -0.39 is 5.97 Å². The van der Waals surface area contributed by atoms with Crippen LogP contribution in [-0.4, -0.2) is 47.1 Å². The Bertz CT molecular complexity index is 254. The van der Waals surface area contributed by atoms with Crippen molar-refractivity contribution >= 4 is 11.9 Å². The second kappa shape index (κ2) is 11.9. The molecular weight excluding hydrogens is 252 g/mol. The normalized spacial score (nSPS) is 12.1. The van der Waals surface area contributed by atoms with E-state index in [1.165, 1.54) is 0 Å². The number of aliphatic hydroxyl groups is 2. The predicted octanol–water partition coefficient (Wildman–Crippen LogP) is 0.946. The molecule has 0 radical (unpaired) electrons. The van der Waals surface area contributed by atoms with E-state index in [1.54, 1.807) is 0 Å². The van der Waals surface area contributed by atoms with Crippen LogP contribution in [0, 0.1) is 5.92 Å². The summed E-state index contributed by atoms with van der Waals surface area (Å²) in [6.07, 6.45) is 4.30. The summed E-state index contributed by atoms with van der Waals surface area (Å²) in [6.45, 7) is -0.288. The lowest BCUT2D eigenvalue weighted by atomic mass is 9.97. The number of ether oxygens (including phenoxy) is 1. The van der Waals surface area contributed by atoms with E-state index >= 15 is 0 Å². The van der Waals surface area contributed by atoms with Crippen LogP contribution in [0.15, 0.2) is 0 Å². The Labute approximate surface area is 113 Å². The number of hydrogen-bond donors (Lipinski definition) is 3. The van der Waals surface area contributed by atoms with Crippen LogP contribution in [0.1, 0.15) is 44.9 Å². The first-order chi connectivity index (χ1) is 9.11. The first-order valence-electron chi connectivity index (χ1n) is 6.72. The summed E-state index contributed by atoms with van der Waals surface area (Å²) in [4.78, 5) is 21.9. The van der Waals surface area contributed by atoms with Crippen LogP contribution in [0.2, 0.25) is 0 Å². The van der Waals surface area contributed by atoms with Crippen LogP contribution in [0.5, 0.6) is 0 Å². The SMILES string of the molecule is O=C(O)CCCCCCC(CCO)C(=O)OCCO. The average molecular weight is 276 g/mol. The summed E-state index contributed by atoms with van der Waals surface area (Å²) in [5, 5.41) is 25.9. The number of aliphatic carboxylic acids is 1. The molecule has 0 aliphatic carbocycles. The minimum Gasteiger partial charge on any atom is -0.481 e. The molecule has 0 aromatic heterocycles. The van der Waals surface area contributed by atoms with Crippen molar-refractivity contribution in [3.8, 4) is 0 Å². The fraction of sp³-hybridized carbons (Fsp3) is 0.846. The van der Waals surface area contributed by atoms with E-state index in [9.17, 15) is 9.59 Å². The van der Waals surface area contributed by atoms with E-state index in [0.29, 0.717) is 19.3 Å². The van der Waals surface area contributed by atoms with E-state index in [4.69, 9.17) is 20.1 Å². The summed E-state index contributed by atoms with van der Waals surface area (Å²) < 4.78 is 4.84. The van der Waals surface area contributed by atoms with E-state index in [2.05, 4.69) is 0 Å². The number of carboxylic acids is 1. The van der Waals surface area contributed by atoms with Gasteiger partial charge in [-0.25, -0.2) is 0 Å². The third-order valence-corrected chi connectivity index (χ3v) is 2.84. The van der Waals surface area contributed by atoms with Gasteiger partial charge in [0.2, 0.25) is 0 Å². The van der Waals surface area contributed by atoms with Gasteiger partial charge in [0.15, 0.2) is 0 Å². The highest BCUT2D eigenvalue weighted by molar-refractivity contribution is 5.72. The number of rotatable bonds is 12. The van der Waals surface area contributed by atoms with Gasteiger partial charge in [-0.3, -0.25) is 9.59 Å². The number of carbonyl (C=O) groups excluding carboxylic acids is 1. The molecule has 1 atom stereocenters. The van der Waals surface area contributed by atoms with E-state index in [1.807, 2.05) is 0 Å². The van der Waals surface area contributed by atoms with Crippen LogP contribution in [0.25, 0.3) is 0 Å². The number of hydrogen-bond acceptors (Lipinski definition) is 5. The van der Waals surface area contributed by atoms with Gasteiger partial charge >= 0.3 is 11.9 Å². The number of aliphatic hydroxyl groups excluding tert-OH is 2. The number of carbonyl (C=O) groups is 2. The molecule has 0 rings (SSSR count). The number of unbranched alkanes of at least 4 members (excludes halogenated alkanes) is 3. The molecule has 3 N–H and O–H groups in total.